The zero-order valence-electron chi connectivity index (χ0n) is 10.3. The number of hydrogen-bond acceptors (Lipinski definition) is 3. The van der Waals surface area contributed by atoms with Crippen molar-refractivity contribution in [1.82, 2.24) is 5.32 Å². The Morgan fingerprint density at radius 3 is 2.56 bits per heavy atom. The van der Waals surface area contributed by atoms with Crippen LogP contribution in [0, 0.1) is 6.92 Å². The monoisotopic (exact) mass is 221 g/mol. The van der Waals surface area contributed by atoms with E-state index in [0.717, 1.165) is 11.1 Å². The van der Waals surface area contributed by atoms with Gasteiger partial charge in [0.05, 0.1) is 6.54 Å². The lowest BCUT2D eigenvalue weighted by molar-refractivity contribution is 0.0993. The third-order valence-corrected chi connectivity index (χ3v) is 2.63. The van der Waals surface area contributed by atoms with E-state index < -0.39 is 0 Å². The number of carbonyl (C=O) groups is 1. The van der Waals surface area contributed by atoms with E-state index in [-0.39, 0.29) is 17.5 Å². The minimum absolute atomic E-state index is 0.0573. The van der Waals surface area contributed by atoms with Gasteiger partial charge in [0, 0.05) is 5.56 Å². The molecule has 3 heteroatoms. The van der Waals surface area contributed by atoms with Crippen molar-refractivity contribution in [2.45, 2.75) is 26.7 Å². The number of aryl methyl sites for hydroxylation is 1. The van der Waals surface area contributed by atoms with Gasteiger partial charge in [-0.25, -0.2) is 0 Å². The second kappa shape index (κ2) is 5.12. The normalized spacial score (nSPS) is 10.8. The molecule has 1 aromatic rings. The Balaban J connectivity index is 3.19. The third-order valence-electron chi connectivity index (χ3n) is 2.63. The predicted molar refractivity (Wildman–Crippen MR) is 65.2 cm³/mol. The van der Waals surface area contributed by atoms with Gasteiger partial charge in [-0.3, -0.25) is 4.79 Å². The molecule has 0 saturated heterocycles. The number of hydrogen-bond donors (Lipinski definition) is 2. The fourth-order valence-electron chi connectivity index (χ4n) is 1.73. The first-order chi connectivity index (χ1) is 7.47. The largest absolute Gasteiger partial charge is 0.508 e. The van der Waals surface area contributed by atoms with E-state index in [4.69, 9.17) is 0 Å². The van der Waals surface area contributed by atoms with Crippen molar-refractivity contribution in [3.63, 3.8) is 0 Å². The highest BCUT2D eigenvalue weighted by atomic mass is 16.3. The SMILES string of the molecule is CNCC(=O)c1cc(C(C)C)c(O)cc1C. The Hall–Kier alpha value is -1.35. The van der Waals surface area contributed by atoms with Crippen LogP contribution >= 0.6 is 0 Å². The molecular formula is C13H19NO2. The fraction of sp³-hybridized carbons (Fsp3) is 0.462. The molecule has 0 aliphatic carbocycles. The lowest BCUT2D eigenvalue weighted by Gasteiger charge is -2.12. The first-order valence-corrected chi connectivity index (χ1v) is 5.48. The second-order valence-electron chi connectivity index (χ2n) is 4.33. The standard InChI is InChI=1S/C13H19NO2/c1-8(2)10-6-11(13(16)7-14-4)9(3)5-12(10)15/h5-6,8,14-15H,7H2,1-4H3. The molecule has 0 unspecified atom stereocenters. The average molecular weight is 221 g/mol. The maximum atomic E-state index is 11.8. The fourth-order valence-corrected chi connectivity index (χ4v) is 1.73. The highest BCUT2D eigenvalue weighted by Gasteiger charge is 2.14. The van der Waals surface area contributed by atoms with Gasteiger partial charge in [0.25, 0.3) is 0 Å². The van der Waals surface area contributed by atoms with Crippen LogP contribution in [0.4, 0.5) is 0 Å². The van der Waals surface area contributed by atoms with Gasteiger partial charge < -0.3 is 10.4 Å². The molecule has 88 valence electrons. The van der Waals surface area contributed by atoms with Crippen LogP contribution in [0.2, 0.25) is 0 Å². The molecule has 0 atom stereocenters. The van der Waals surface area contributed by atoms with E-state index in [1.54, 1.807) is 19.2 Å². The summed E-state index contributed by atoms with van der Waals surface area (Å²) in [7, 11) is 1.75. The molecule has 0 spiro atoms. The van der Waals surface area contributed by atoms with Crippen molar-refractivity contribution >= 4 is 5.78 Å². The van der Waals surface area contributed by atoms with Crippen LogP contribution in [0.5, 0.6) is 5.75 Å². The van der Waals surface area contributed by atoms with Crippen LogP contribution in [0.3, 0.4) is 0 Å². The van der Waals surface area contributed by atoms with Gasteiger partial charge in [-0.05, 0) is 43.1 Å². The molecule has 0 fully saturated rings. The van der Waals surface area contributed by atoms with E-state index in [1.807, 2.05) is 20.8 Å². The maximum Gasteiger partial charge on any atom is 0.176 e. The Morgan fingerprint density at radius 1 is 1.44 bits per heavy atom. The zero-order chi connectivity index (χ0) is 12.3. The first-order valence-electron chi connectivity index (χ1n) is 5.48. The highest BCUT2D eigenvalue weighted by Crippen LogP contribution is 2.28. The smallest absolute Gasteiger partial charge is 0.176 e. The summed E-state index contributed by atoms with van der Waals surface area (Å²) < 4.78 is 0. The number of rotatable bonds is 4. The number of phenolic OH excluding ortho intramolecular Hbond substituents is 1. The molecule has 0 bridgehead atoms. The topological polar surface area (TPSA) is 49.3 Å². The molecule has 0 aromatic heterocycles. The molecule has 2 N–H and O–H groups in total. The van der Waals surface area contributed by atoms with Crippen LogP contribution in [-0.4, -0.2) is 24.5 Å². The quantitative estimate of drug-likeness (QED) is 0.766. The van der Waals surface area contributed by atoms with Crippen LogP contribution in [0.15, 0.2) is 12.1 Å². The van der Waals surface area contributed by atoms with Gasteiger partial charge in [0.2, 0.25) is 0 Å². The van der Waals surface area contributed by atoms with E-state index >= 15 is 0 Å². The molecule has 0 aliphatic rings. The molecule has 0 amide bonds. The van der Waals surface area contributed by atoms with E-state index in [9.17, 15) is 9.90 Å². The molecule has 0 radical (unpaired) electrons. The summed E-state index contributed by atoms with van der Waals surface area (Å²) in [6, 6.07) is 3.47. The molecule has 16 heavy (non-hydrogen) atoms. The van der Waals surface area contributed by atoms with Crippen molar-refractivity contribution in [2.75, 3.05) is 13.6 Å². The number of Topliss-reactive ketones (excluding diaryl/α,β-unsaturated/α-hetero) is 1. The minimum Gasteiger partial charge on any atom is -0.508 e. The number of carbonyl (C=O) groups excluding carboxylic acids is 1. The summed E-state index contributed by atoms with van der Waals surface area (Å²) >= 11 is 0. The Kier molecular flexibility index (Phi) is 4.07. The molecule has 3 nitrogen and oxygen atoms in total. The number of benzene rings is 1. The third kappa shape index (κ3) is 2.61. The van der Waals surface area contributed by atoms with Crippen molar-refractivity contribution in [3.8, 4) is 5.75 Å². The van der Waals surface area contributed by atoms with Crippen molar-refractivity contribution < 1.29 is 9.90 Å². The number of nitrogens with one attached hydrogen (secondary N) is 1. The molecule has 0 saturated carbocycles. The van der Waals surface area contributed by atoms with Crippen LogP contribution in [-0.2, 0) is 0 Å². The Bertz CT molecular complexity index is 397. The summed E-state index contributed by atoms with van der Waals surface area (Å²) in [5.41, 5.74) is 2.34. The summed E-state index contributed by atoms with van der Waals surface area (Å²) in [5.74, 6) is 0.539. The van der Waals surface area contributed by atoms with Crippen molar-refractivity contribution in [1.29, 1.82) is 0 Å². The number of phenols is 1. The minimum atomic E-state index is 0.0573. The van der Waals surface area contributed by atoms with Gasteiger partial charge in [-0.1, -0.05) is 13.8 Å². The molecule has 0 aliphatic heterocycles. The van der Waals surface area contributed by atoms with Gasteiger partial charge in [-0.2, -0.15) is 0 Å². The summed E-state index contributed by atoms with van der Waals surface area (Å²) in [6.07, 6.45) is 0. The highest BCUT2D eigenvalue weighted by molar-refractivity contribution is 5.99. The summed E-state index contributed by atoms with van der Waals surface area (Å²) in [6.45, 7) is 6.16. The van der Waals surface area contributed by atoms with Crippen LogP contribution < -0.4 is 5.32 Å². The number of ketones is 1. The van der Waals surface area contributed by atoms with Crippen molar-refractivity contribution in [2.24, 2.45) is 0 Å². The average Bonchev–Trinajstić information content (AvgIpc) is 2.17. The molecule has 0 heterocycles. The van der Waals surface area contributed by atoms with Crippen molar-refractivity contribution in [3.05, 3.63) is 28.8 Å². The van der Waals surface area contributed by atoms with Gasteiger partial charge >= 0.3 is 0 Å². The first kappa shape index (κ1) is 12.7. The Morgan fingerprint density at radius 2 is 2.06 bits per heavy atom. The summed E-state index contributed by atoms with van der Waals surface area (Å²) in [5, 5.41) is 12.6. The molecular weight excluding hydrogens is 202 g/mol. The van der Waals surface area contributed by atoms with Gasteiger partial charge in [-0.15, -0.1) is 0 Å². The lowest BCUT2D eigenvalue weighted by atomic mass is 9.94. The number of likely N-dealkylation sites (N-methyl/N-ethyl adjacent to an activating group) is 1. The second-order valence-corrected chi connectivity index (χ2v) is 4.33. The number of aromatic hydroxyl groups is 1. The Labute approximate surface area is 96.5 Å². The molecule has 1 aromatic carbocycles. The molecule has 1 rings (SSSR count). The van der Waals surface area contributed by atoms with Gasteiger partial charge in [0.15, 0.2) is 5.78 Å². The van der Waals surface area contributed by atoms with Gasteiger partial charge in [0.1, 0.15) is 5.75 Å². The van der Waals surface area contributed by atoms with Crippen LogP contribution in [0.25, 0.3) is 0 Å². The summed E-state index contributed by atoms with van der Waals surface area (Å²) in [4.78, 5) is 11.8. The van der Waals surface area contributed by atoms with E-state index in [0.29, 0.717) is 12.1 Å². The van der Waals surface area contributed by atoms with E-state index in [2.05, 4.69) is 5.32 Å². The van der Waals surface area contributed by atoms with E-state index in [1.165, 1.54) is 0 Å². The maximum absolute atomic E-state index is 11.8. The van der Waals surface area contributed by atoms with Crippen LogP contribution in [0.1, 0.15) is 41.3 Å². The lowest BCUT2D eigenvalue weighted by Crippen LogP contribution is -2.19. The zero-order valence-corrected chi connectivity index (χ0v) is 10.3. The predicted octanol–water partition coefficient (Wildman–Crippen LogP) is 2.23.